The van der Waals surface area contributed by atoms with Gasteiger partial charge in [-0.25, -0.2) is 9.97 Å². The van der Waals surface area contributed by atoms with Gasteiger partial charge in [-0.3, -0.25) is 0 Å². The predicted molar refractivity (Wildman–Crippen MR) is 236 cm³/mol. The molecule has 0 amide bonds. The first kappa shape index (κ1) is 32.3. The Kier molecular flexibility index (Phi) is 7.68. The Morgan fingerprint density at radius 2 is 0.964 bits per heavy atom. The van der Waals surface area contributed by atoms with Crippen molar-refractivity contribution < 1.29 is 0 Å². The Morgan fingerprint density at radius 1 is 0.375 bits per heavy atom. The van der Waals surface area contributed by atoms with Crippen LogP contribution in [0, 0.1) is 0 Å². The highest BCUT2D eigenvalue weighted by molar-refractivity contribution is 7.26. The van der Waals surface area contributed by atoms with Gasteiger partial charge in [0.2, 0.25) is 0 Å². The van der Waals surface area contributed by atoms with E-state index >= 15 is 0 Å². The topological polar surface area (TPSA) is 30.7 Å². The van der Waals surface area contributed by atoms with Crippen LogP contribution in [0.3, 0.4) is 0 Å². The molecule has 0 aliphatic heterocycles. The lowest BCUT2D eigenvalue weighted by Gasteiger charge is -2.13. The highest BCUT2D eigenvalue weighted by atomic mass is 32.1. The molecule has 3 heterocycles. The number of hydrogen-bond donors (Lipinski definition) is 0. The molecule has 0 spiro atoms. The van der Waals surface area contributed by atoms with Crippen molar-refractivity contribution >= 4 is 53.3 Å². The number of benzene rings is 8. The van der Waals surface area contributed by atoms with Gasteiger partial charge >= 0.3 is 0 Å². The Hall–Kier alpha value is -7.14. The maximum atomic E-state index is 5.15. The Bertz CT molecular complexity index is 3180. The molecular weight excluding hydrogens is 699 g/mol. The third-order valence-corrected chi connectivity index (χ3v) is 12.0. The monoisotopic (exact) mass is 731 g/mol. The highest BCUT2D eigenvalue weighted by Gasteiger charge is 2.20. The first-order chi connectivity index (χ1) is 27.8. The van der Waals surface area contributed by atoms with Crippen LogP contribution < -0.4 is 0 Å². The van der Waals surface area contributed by atoms with Crippen LogP contribution in [0.15, 0.2) is 200 Å². The van der Waals surface area contributed by atoms with Crippen LogP contribution in [0.2, 0.25) is 0 Å². The lowest BCUT2D eigenvalue weighted by atomic mass is 9.96. The van der Waals surface area contributed by atoms with Crippen molar-refractivity contribution in [2.45, 2.75) is 0 Å². The molecule has 0 fully saturated rings. The zero-order valence-corrected chi connectivity index (χ0v) is 31.1. The number of nitrogens with zero attached hydrogens (tertiary/aromatic N) is 3. The molecule has 262 valence electrons. The molecule has 3 aromatic heterocycles. The fraction of sp³-hybridized carbons (Fsp3) is 0. The predicted octanol–water partition coefficient (Wildman–Crippen LogP) is 14.3. The first-order valence-electron chi connectivity index (χ1n) is 18.9. The summed E-state index contributed by atoms with van der Waals surface area (Å²) in [6, 6.07) is 71.4. The van der Waals surface area contributed by atoms with E-state index in [4.69, 9.17) is 9.97 Å². The van der Waals surface area contributed by atoms with Crippen LogP contribution in [-0.4, -0.2) is 14.5 Å². The molecule has 0 unspecified atom stereocenters. The van der Waals surface area contributed by atoms with Gasteiger partial charge in [0.15, 0.2) is 5.82 Å². The lowest BCUT2D eigenvalue weighted by Crippen LogP contribution is -1.96. The molecule has 0 aliphatic carbocycles. The zero-order chi connectivity index (χ0) is 37.0. The summed E-state index contributed by atoms with van der Waals surface area (Å²) in [6.07, 6.45) is 0. The molecule has 11 rings (SSSR count). The summed E-state index contributed by atoms with van der Waals surface area (Å²) in [6.45, 7) is 0. The summed E-state index contributed by atoms with van der Waals surface area (Å²) in [4.78, 5) is 10.2. The van der Waals surface area contributed by atoms with Crippen molar-refractivity contribution in [1.29, 1.82) is 0 Å². The maximum absolute atomic E-state index is 5.15. The summed E-state index contributed by atoms with van der Waals surface area (Å²) < 4.78 is 5.07. The van der Waals surface area contributed by atoms with Crippen LogP contribution in [-0.2, 0) is 0 Å². The van der Waals surface area contributed by atoms with Crippen molar-refractivity contribution in [3.8, 4) is 61.8 Å². The number of thiophene rings is 1. The molecule has 0 aliphatic rings. The summed E-state index contributed by atoms with van der Waals surface area (Å²) in [7, 11) is 0. The van der Waals surface area contributed by atoms with Gasteiger partial charge in [-0.15, -0.1) is 11.3 Å². The van der Waals surface area contributed by atoms with Crippen LogP contribution in [0.1, 0.15) is 0 Å². The molecule has 4 heteroatoms. The van der Waals surface area contributed by atoms with Gasteiger partial charge in [-0.05, 0) is 59.2 Å². The molecule has 8 aromatic carbocycles. The number of para-hydroxylation sites is 1. The Balaban J connectivity index is 1.12. The number of hydrogen-bond acceptors (Lipinski definition) is 3. The number of rotatable bonds is 6. The summed E-state index contributed by atoms with van der Waals surface area (Å²) >= 11 is 1.88. The van der Waals surface area contributed by atoms with E-state index in [1.807, 2.05) is 35.6 Å². The van der Waals surface area contributed by atoms with E-state index in [1.54, 1.807) is 0 Å². The number of fused-ring (bicyclic) bond motifs is 6. The van der Waals surface area contributed by atoms with E-state index in [0.29, 0.717) is 5.82 Å². The number of aromatic nitrogens is 3. The van der Waals surface area contributed by atoms with Gasteiger partial charge in [0, 0.05) is 58.9 Å². The smallest absolute Gasteiger partial charge is 0.160 e. The molecule has 0 N–H and O–H groups in total. The molecule has 0 radical (unpaired) electrons. The molecule has 11 aromatic rings. The van der Waals surface area contributed by atoms with Crippen LogP contribution in [0.25, 0.3) is 104 Å². The molecule has 0 saturated carbocycles. The maximum Gasteiger partial charge on any atom is 0.160 e. The normalized spacial score (nSPS) is 11.6. The van der Waals surface area contributed by atoms with Gasteiger partial charge < -0.3 is 4.57 Å². The SMILES string of the molecule is c1ccc(-c2cc(-c3cccc(-c4cccc5c4c4ccccc4n5-c4cc(-c5ccccc5)c5sc6ccccc6c5c4)c3)nc(-c3ccccc3)n2)cc1. The minimum absolute atomic E-state index is 0.711. The molecule has 3 nitrogen and oxygen atoms in total. The molecule has 0 atom stereocenters. The van der Waals surface area contributed by atoms with E-state index in [0.717, 1.165) is 39.3 Å². The van der Waals surface area contributed by atoms with Gasteiger partial charge in [0.1, 0.15) is 0 Å². The van der Waals surface area contributed by atoms with Crippen molar-refractivity contribution in [1.82, 2.24) is 14.5 Å². The summed E-state index contributed by atoms with van der Waals surface area (Å²) in [5.74, 6) is 0.711. The third-order valence-electron chi connectivity index (χ3n) is 10.8. The van der Waals surface area contributed by atoms with Gasteiger partial charge in [-0.2, -0.15) is 0 Å². The molecule has 0 bridgehead atoms. The average Bonchev–Trinajstić information content (AvgIpc) is 3.83. The van der Waals surface area contributed by atoms with Crippen molar-refractivity contribution in [3.05, 3.63) is 200 Å². The quantitative estimate of drug-likeness (QED) is 0.170. The molecule has 56 heavy (non-hydrogen) atoms. The molecule has 0 saturated heterocycles. The Morgan fingerprint density at radius 3 is 1.75 bits per heavy atom. The second kappa shape index (κ2) is 13.3. The van der Waals surface area contributed by atoms with Crippen LogP contribution in [0.4, 0.5) is 0 Å². The van der Waals surface area contributed by atoms with Crippen molar-refractivity contribution in [2.75, 3.05) is 0 Å². The van der Waals surface area contributed by atoms with E-state index in [9.17, 15) is 0 Å². The van der Waals surface area contributed by atoms with Gasteiger partial charge in [0.25, 0.3) is 0 Å². The summed E-state index contributed by atoms with van der Waals surface area (Å²) in [5, 5.41) is 5.03. The standard InChI is InChI=1S/C52H33N3S/c1-4-16-34(17-5-1)43-31-39(32-44-41-24-11-13-29-49(41)56-51(43)44)55-47-27-12-10-25-42(47)50-40(26-15-28-48(50)55)37-22-14-23-38(30-37)46-33-45(35-18-6-2-7-19-35)53-52(54-46)36-20-8-3-9-21-36/h1-33H. The van der Waals surface area contributed by atoms with E-state index in [2.05, 4.69) is 180 Å². The van der Waals surface area contributed by atoms with Gasteiger partial charge in [0.05, 0.1) is 22.4 Å². The minimum atomic E-state index is 0.711. The second-order valence-electron chi connectivity index (χ2n) is 14.2. The van der Waals surface area contributed by atoms with E-state index < -0.39 is 0 Å². The Labute approximate surface area is 328 Å². The average molecular weight is 732 g/mol. The third kappa shape index (κ3) is 5.42. The zero-order valence-electron chi connectivity index (χ0n) is 30.3. The highest BCUT2D eigenvalue weighted by Crippen LogP contribution is 2.44. The fourth-order valence-electron chi connectivity index (χ4n) is 8.23. The van der Waals surface area contributed by atoms with Gasteiger partial charge in [-0.1, -0.05) is 158 Å². The van der Waals surface area contributed by atoms with Crippen molar-refractivity contribution in [2.24, 2.45) is 0 Å². The largest absolute Gasteiger partial charge is 0.309 e. The van der Waals surface area contributed by atoms with Crippen LogP contribution >= 0.6 is 11.3 Å². The lowest BCUT2D eigenvalue weighted by molar-refractivity contribution is 1.18. The first-order valence-corrected chi connectivity index (χ1v) is 19.7. The second-order valence-corrected chi connectivity index (χ2v) is 15.2. The van der Waals surface area contributed by atoms with E-state index in [1.165, 1.54) is 58.7 Å². The van der Waals surface area contributed by atoms with Crippen molar-refractivity contribution in [3.63, 3.8) is 0 Å². The summed E-state index contributed by atoms with van der Waals surface area (Å²) in [5.41, 5.74) is 13.2. The fourth-order valence-corrected chi connectivity index (χ4v) is 9.45. The van der Waals surface area contributed by atoms with Crippen LogP contribution in [0.5, 0.6) is 0 Å². The molecular formula is C52H33N3S. The van der Waals surface area contributed by atoms with E-state index in [-0.39, 0.29) is 0 Å². The minimum Gasteiger partial charge on any atom is -0.309 e.